The van der Waals surface area contributed by atoms with Crippen molar-refractivity contribution in [2.45, 2.75) is 17.9 Å². The summed E-state index contributed by atoms with van der Waals surface area (Å²) < 4.78 is 33.5. The van der Waals surface area contributed by atoms with E-state index in [-0.39, 0.29) is 32.4 Å². The number of nitrogens with zero attached hydrogens (tertiary/aromatic N) is 1. The molecule has 0 fully saturated rings. The number of imide groups is 1. The third-order valence-corrected chi connectivity index (χ3v) is 7.14. The van der Waals surface area contributed by atoms with Crippen LogP contribution in [0.3, 0.4) is 0 Å². The lowest BCUT2D eigenvalue weighted by Gasteiger charge is -2.22. The number of carbonyl (C=O) groups excluding carboxylic acids is 3. The van der Waals surface area contributed by atoms with E-state index in [1.54, 1.807) is 36.4 Å². The van der Waals surface area contributed by atoms with Gasteiger partial charge in [-0.15, -0.1) is 0 Å². The molecule has 0 saturated heterocycles. The molecule has 3 aromatic rings. The standard InChI is InChI=1S/C24H20ClN3O6S/c1-14(28-23(30)16-7-3-4-8-17(16)24(28)31)22(29)26-20-13-15(11-12-18(20)25)35(32,33)27-19-9-5-6-10-21(19)34-2/h3-14,27H,1-2H3,(H,26,29)/t14-/m0/s1. The molecule has 180 valence electrons. The first-order chi connectivity index (χ1) is 16.6. The molecule has 2 N–H and O–H groups in total. The van der Waals surface area contributed by atoms with Crippen LogP contribution >= 0.6 is 11.6 Å². The van der Waals surface area contributed by atoms with E-state index in [9.17, 15) is 22.8 Å². The molecule has 0 bridgehead atoms. The molecule has 11 heteroatoms. The van der Waals surface area contributed by atoms with E-state index in [0.29, 0.717) is 5.75 Å². The zero-order valence-corrected chi connectivity index (χ0v) is 20.2. The molecular formula is C24H20ClN3O6S. The highest BCUT2D eigenvalue weighted by Crippen LogP contribution is 2.30. The van der Waals surface area contributed by atoms with E-state index in [1.165, 1.54) is 44.4 Å². The van der Waals surface area contributed by atoms with Crippen molar-refractivity contribution in [3.05, 3.63) is 82.9 Å². The Morgan fingerprint density at radius 1 is 0.943 bits per heavy atom. The first-order valence-electron chi connectivity index (χ1n) is 10.4. The van der Waals surface area contributed by atoms with Crippen LogP contribution in [0.5, 0.6) is 5.75 Å². The minimum Gasteiger partial charge on any atom is -0.495 e. The number of anilines is 2. The van der Waals surface area contributed by atoms with Crippen molar-refractivity contribution < 1.29 is 27.5 Å². The minimum absolute atomic E-state index is 0.00280. The van der Waals surface area contributed by atoms with Crippen molar-refractivity contribution in [2.75, 3.05) is 17.1 Å². The second-order valence-corrected chi connectivity index (χ2v) is 9.73. The predicted molar refractivity (Wildman–Crippen MR) is 130 cm³/mol. The molecule has 9 nitrogen and oxygen atoms in total. The summed E-state index contributed by atoms with van der Waals surface area (Å²) in [6, 6.07) is 15.4. The van der Waals surface area contributed by atoms with E-state index in [2.05, 4.69) is 10.0 Å². The summed E-state index contributed by atoms with van der Waals surface area (Å²) in [4.78, 5) is 39.0. The van der Waals surface area contributed by atoms with Crippen molar-refractivity contribution in [3.63, 3.8) is 0 Å². The number of hydrogen-bond donors (Lipinski definition) is 2. The maximum atomic E-state index is 13.0. The van der Waals surface area contributed by atoms with Gasteiger partial charge in [0, 0.05) is 0 Å². The van der Waals surface area contributed by atoms with Gasteiger partial charge in [-0.25, -0.2) is 8.42 Å². The van der Waals surface area contributed by atoms with Crippen LogP contribution < -0.4 is 14.8 Å². The number of nitrogens with one attached hydrogen (secondary N) is 2. The van der Waals surface area contributed by atoms with Crippen LogP contribution in [0.15, 0.2) is 71.6 Å². The number of para-hydroxylation sites is 2. The number of carbonyl (C=O) groups is 3. The Balaban J connectivity index is 1.56. The van der Waals surface area contributed by atoms with Gasteiger partial charge in [0.2, 0.25) is 5.91 Å². The van der Waals surface area contributed by atoms with Gasteiger partial charge in [0.25, 0.3) is 21.8 Å². The van der Waals surface area contributed by atoms with Crippen molar-refractivity contribution in [2.24, 2.45) is 0 Å². The first kappa shape index (κ1) is 24.2. The summed E-state index contributed by atoms with van der Waals surface area (Å²) in [7, 11) is -2.65. The molecule has 0 unspecified atom stereocenters. The van der Waals surface area contributed by atoms with Crippen LogP contribution in [0.4, 0.5) is 11.4 Å². The molecule has 35 heavy (non-hydrogen) atoms. The lowest BCUT2D eigenvalue weighted by atomic mass is 10.1. The van der Waals surface area contributed by atoms with E-state index in [1.807, 2.05) is 0 Å². The predicted octanol–water partition coefficient (Wildman–Crippen LogP) is 3.77. The SMILES string of the molecule is COc1ccccc1NS(=O)(=O)c1ccc(Cl)c(NC(=O)[C@H](C)N2C(=O)c3ccccc3C2=O)c1. The number of ether oxygens (including phenoxy) is 1. The second-order valence-electron chi connectivity index (χ2n) is 7.64. The third-order valence-electron chi connectivity index (χ3n) is 5.45. The van der Waals surface area contributed by atoms with E-state index in [0.717, 1.165) is 4.90 Å². The fourth-order valence-corrected chi connectivity index (χ4v) is 4.88. The first-order valence-corrected chi connectivity index (χ1v) is 12.2. The Kier molecular flexibility index (Phi) is 6.51. The van der Waals surface area contributed by atoms with Gasteiger partial charge in [0.15, 0.2) is 0 Å². The molecule has 1 heterocycles. The molecular weight excluding hydrogens is 494 g/mol. The van der Waals surface area contributed by atoms with Gasteiger partial charge in [-0.2, -0.15) is 0 Å². The topological polar surface area (TPSA) is 122 Å². The second kappa shape index (κ2) is 9.40. The lowest BCUT2D eigenvalue weighted by molar-refractivity contribution is -0.119. The molecule has 0 spiro atoms. The van der Waals surface area contributed by atoms with Crippen molar-refractivity contribution in [1.82, 2.24) is 4.90 Å². The quantitative estimate of drug-likeness (QED) is 0.464. The van der Waals surface area contributed by atoms with Crippen LogP contribution in [-0.4, -0.2) is 44.2 Å². The number of halogens is 1. The zero-order chi connectivity index (χ0) is 25.3. The van der Waals surface area contributed by atoms with E-state index < -0.39 is 33.8 Å². The van der Waals surface area contributed by atoms with Crippen LogP contribution in [0.2, 0.25) is 5.02 Å². The molecule has 3 amide bonds. The largest absolute Gasteiger partial charge is 0.495 e. The number of amides is 3. The highest BCUT2D eigenvalue weighted by atomic mass is 35.5. The molecule has 0 saturated carbocycles. The number of hydrogen-bond acceptors (Lipinski definition) is 6. The smallest absolute Gasteiger partial charge is 0.262 e. The maximum Gasteiger partial charge on any atom is 0.262 e. The zero-order valence-electron chi connectivity index (χ0n) is 18.6. The molecule has 1 aliphatic rings. The molecule has 3 aromatic carbocycles. The minimum atomic E-state index is -4.07. The van der Waals surface area contributed by atoms with Gasteiger partial charge in [-0.05, 0) is 49.4 Å². The average molecular weight is 514 g/mol. The van der Waals surface area contributed by atoms with Gasteiger partial charge in [0.05, 0.1) is 39.5 Å². The fourth-order valence-electron chi connectivity index (χ4n) is 3.61. The summed E-state index contributed by atoms with van der Waals surface area (Å²) in [6.07, 6.45) is 0. The van der Waals surface area contributed by atoms with Crippen LogP contribution in [0.1, 0.15) is 27.6 Å². The number of benzene rings is 3. The number of methoxy groups -OCH3 is 1. The summed E-state index contributed by atoms with van der Waals surface area (Å²) in [5.41, 5.74) is 0.661. The molecule has 4 rings (SSSR count). The molecule has 0 aromatic heterocycles. The van der Waals surface area contributed by atoms with Crippen LogP contribution in [-0.2, 0) is 14.8 Å². The van der Waals surface area contributed by atoms with Crippen molar-refractivity contribution in [3.8, 4) is 5.75 Å². The van der Waals surface area contributed by atoms with E-state index in [4.69, 9.17) is 16.3 Å². The Hall–Kier alpha value is -3.89. The van der Waals surface area contributed by atoms with Gasteiger partial charge in [-0.3, -0.25) is 24.0 Å². The van der Waals surface area contributed by atoms with Crippen LogP contribution in [0.25, 0.3) is 0 Å². The normalized spacial score (nSPS) is 13.9. The molecule has 0 radical (unpaired) electrons. The van der Waals surface area contributed by atoms with Crippen molar-refractivity contribution in [1.29, 1.82) is 0 Å². The number of fused-ring (bicyclic) bond motifs is 1. The van der Waals surface area contributed by atoms with E-state index >= 15 is 0 Å². The molecule has 1 atom stereocenters. The third kappa shape index (κ3) is 4.58. The molecule has 1 aliphatic heterocycles. The monoisotopic (exact) mass is 513 g/mol. The summed E-state index contributed by atoms with van der Waals surface area (Å²) in [5.74, 6) is -1.56. The Morgan fingerprint density at radius 3 is 2.17 bits per heavy atom. The van der Waals surface area contributed by atoms with Crippen molar-refractivity contribution >= 4 is 50.7 Å². The number of sulfonamides is 1. The van der Waals surface area contributed by atoms with Crippen LogP contribution in [0, 0.1) is 0 Å². The maximum absolute atomic E-state index is 13.0. The van der Waals surface area contributed by atoms with Gasteiger partial charge in [-0.1, -0.05) is 35.9 Å². The summed E-state index contributed by atoms with van der Waals surface area (Å²) >= 11 is 6.20. The Morgan fingerprint density at radius 2 is 1.54 bits per heavy atom. The average Bonchev–Trinajstić information content (AvgIpc) is 3.10. The highest BCUT2D eigenvalue weighted by Gasteiger charge is 2.40. The Bertz CT molecular complexity index is 1420. The Labute approximate surface area is 206 Å². The fraction of sp³-hybridized carbons (Fsp3) is 0.125. The highest BCUT2D eigenvalue weighted by molar-refractivity contribution is 7.92. The van der Waals surface area contributed by atoms with Gasteiger partial charge < -0.3 is 10.1 Å². The molecule has 0 aliphatic carbocycles. The summed E-state index contributed by atoms with van der Waals surface area (Å²) in [5, 5.41) is 2.59. The van der Waals surface area contributed by atoms with Gasteiger partial charge in [0.1, 0.15) is 11.8 Å². The number of rotatable bonds is 7. The summed E-state index contributed by atoms with van der Waals surface area (Å²) in [6.45, 7) is 1.40. The van der Waals surface area contributed by atoms with Gasteiger partial charge >= 0.3 is 0 Å². The lowest BCUT2D eigenvalue weighted by Crippen LogP contribution is -2.45.